The predicted octanol–water partition coefficient (Wildman–Crippen LogP) is 2.89. The van der Waals surface area contributed by atoms with E-state index in [2.05, 4.69) is 0 Å². The molecule has 0 aliphatic carbocycles. The standard InChI is InChI=1S/C14H11ClN2O/c1-9-7-11(10-5-3-4-6-13(10)15)12(8-16)14(18)17(9)2/h3-7H,1-2H3. The van der Waals surface area contributed by atoms with Crippen LogP contribution in [0.25, 0.3) is 11.1 Å². The van der Waals surface area contributed by atoms with E-state index in [1.54, 1.807) is 25.2 Å². The van der Waals surface area contributed by atoms with E-state index in [1.807, 2.05) is 25.1 Å². The number of hydrogen-bond donors (Lipinski definition) is 0. The van der Waals surface area contributed by atoms with Gasteiger partial charge in [-0.15, -0.1) is 0 Å². The highest BCUT2D eigenvalue weighted by Gasteiger charge is 2.14. The maximum Gasteiger partial charge on any atom is 0.269 e. The molecule has 0 atom stereocenters. The van der Waals surface area contributed by atoms with E-state index >= 15 is 0 Å². The molecule has 0 fully saturated rings. The topological polar surface area (TPSA) is 45.8 Å². The zero-order valence-electron chi connectivity index (χ0n) is 10.1. The van der Waals surface area contributed by atoms with Crippen LogP contribution in [0, 0.1) is 18.3 Å². The Hall–Kier alpha value is -2.05. The Labute approximate surface area is 110 Å². The molecule has 90 valence electrons. The summed E-state index contributed by atoms with van der Waals surface area (Å²) in [5.41, 5.74) is 1.90. The van der Waals surface area contributed by atoms with Crippen LogP contribution in [-0.4, -0.2) is 4.57 Å². The van der Waals surface area contributed by atoms with Gasteiger partial charge in [-0.25, -0.2) is 0 Å². The smallest absolute Gasteiger partial charge is 0.269 e. The zero-order chi connectivity index (χ0) is 13.3. The minimum Gasteiger partial charge on any atom is -0.315 e. The Morgan fingerprint density at radius 1 is 1.28 bits per heavy atom. The molecule has 1 heterocycles. The number of hydrogen-bond acceptors (Lipinski definition) is 2. The Morgan fingerprint density at radius 3 is 2.56 bits per heavy atom. The van der Waals surface area contributed by atoms with Gasteiger partial charge < -0.3 is 4.57 Å². The number of rotatable bonds is 1. The summed E-state index contributed by atoms with van der Waals surface area (Å²) in [6.45, 7) is 1.82. The first-order valence-corrected chi connectivity index (χ1v) is 5.79. The van der Waals surface area contributed by atoms with Crippen LogP contribution in [0.5, 0.6) is 0 Å². The van der Waals surface area contributed by atoms with Crippen molar-refractivity contribution >= 4 is 11.6 Å². The van der Waals surface area contributed by atoms with Crippen molar-refractivity contribution in [3.05, 3.63) is 57.0 Å². The third-order valence-electron chi connectivity index (χ3n) is 2.95. The van der Waals surface area contributed by atoms with Gasteiger partial charge in [-0.2, -0.15) is 5.26 Å². The van der Waals surface area contributed by atoms with E-state index in [-0.39, 0.29) is 11.1 Å². The Kier molecular flexibility index (Phi) is 3.22. The third-order valence-corrected chi connectivity index (χ3v) is 3.28. The number of nitrogens with zero attached hydrogens (tertiary/aromatic N) is 2. The number of halogens is 1. The largest absolute Gasteiger partial charge is 0.315 e. The van der Waals surface area contributed by atoms with Gasteiger partial charge in [0.15, 0.2) is 0 Å². The Bertz CT molecular complexity index is 711. The molecule has 0 bridgehead atoms. The lowest BCUT2D eigenvalue weighted by Crippen LogP contribution is -2.22. The van der Waals surface area contributed by atoms with Gasteiger partial charge in [-0.1, -0.05) is 29.8 Å². The molecule has 2 aromatic rings. The molecule has 0 aliphatic heterocycles. The second kappa shape index (κ2) is 4.67. The minimum absolute atomic E-state index is 0.121. The van der Waals surface area contributed by atoms with Crippen LogP contribution in [0.15, 0.2) is 35.1 Å². The summed E-state index contributed by atoms with van der Waals surface area (Å²) in [5, 5.41) is 9.69. The summed E-state index contributed by atoms with van der Waals surface area (Å²) in [7, 11) is 1.65. The van der Waals surface area contributed by atoms with E-state index in [9.17, 15) is 4.79 Å². The SMILES string of the molecule is Cc1cc(-c2ccccc2Cl)c(C#N)c(=O)n1C. The Balaban J connectivity index is 2.86. The maximum absolute atomic E-state index is 12.0. The van der Waals surface area contributed by atoms with Crippen LogP contribution in [0.4, 0.5) is 0 Å². The molecule has 4 heteroatoms. The minimum atomic E-state index is -0.299. The predicted molar refractivity (Wildman–Crippen MR) is 71.6 cm³/mol. The Morgan fingerprint density at radius 2 is 1.94 bits per heavy atom. The summed E-state index contributed by atoms with van der Waals surface area (Å²) in [6, 6.07) is 11.0. The molecule has 1 aromatic carbocycles. The van der Waals surface area contributed by atoms with Crippen molar-refractivity contribution in [3.63, 3.8) is 0 Å². The van der Waals surface area contributed by atoms with Crippen LogP contribution in [0.2, 0.25) is 5.02 Å². The van der Waals surface area contributed by atoms with E-state index < -0.39 is 0 Å². The highest BCUT2D eigenvalue weighted by Crippen LogP contribution is 2.29. The summed E-state index contributed by atoms with van der Waals surface area (Å²) in [5.74, 6) is 0. The van der Waals surface area contributed by atoms with Gasteiger partial charge in [-0.3, -0.25) is 4.79 Å². The van der Waals surface area contributed by atoms with Crippen molar-refractivity contribution in [2.75, 3.05) is 0 Å². The zero-order valence-corrected chi connectivity index (χ0v) is 10.8. The summed E-state index contributed by atoms with van der Waals surface area (Å²) < 4.78 is 1.46. The fraction of sp³-hybridized carbons (Fsp3) is 0.143. The van der Waals surface area contributed by atoms with Crippen molar-refractivity contribution in [3.8, 4) is 17.2 Å². The molecular weight excluding hydrogens is 248 g/mol. The lowest BCUT2D eigenvalue weighted by atomic mass is 10.0. The van der Waals surface area contributed by atoms with Gasteiger partial charge in [0.2, 0.25) is 0 Å². The van der Waals surface area contributed by atoms with Crippen LogP contribution in [-0.2, 0) is 7.05 Å². The second-order valence-electron chi connectivity index (χ2n) is 4.03. The van der Waals surface area contributed by atoms with Crippen molar-refractivity contribution in [2.45, 2.75) is 6.92 Å². The van der Waals surface area contributed by atoms with Gasteiger partial charge in [-0.05, 0) is 19.1 Å². The van der Waals surface area contributed by atoms with Crippen molar-refractivity contribution in [1.29, 1.82) is 5.26 Å². The molecule has 0 saturated carbocycles. The van der Waals surface area contributed by atoms with Crippen LogP contribution in [0.1, 0.15) is 11.3 Å². The molecule has 2 rings (SSSR count). The summed E-state index contributed by atoms with van der Waals surface area (Å²) in [6.07, 6.45) is 0. The monoisotopic (exact) mass is 258 g/mol. The molecule has 0 spiro atoms. The van der Waals surface area contributed by atoms with Gasteiger partial charge in [0.1, 0.15) is 11.6 Å². The summed E-state index contributed by atoms with van der Waals surface area (Å²) >= 11 is 6.11. The first-order chi connectivity index (χ1) is 8.56. The number of aromatic nitrogens is 1. The average Bonchev–Trinajstić information content (AvgIpc) is 2.36. The highest BCUT2D eigenvalue weighted by molar-refractivity contribution is 6.33. The molecule has 1 aromatic heterocycles. The lowest BCUT2D eigenvalue weighted by Gasteiger charge is -2.10. The van der Waals surface area contributed by atoms with Gasteiger partial charge in [0.25, 0.3) is 5.56 Å². The maximum atomic E-state index is 12.0. The van der Waals surface area contributed by atoms with E-state index in [0.717, 1.165) is 5.69 Å². The van der Waals surface area contributed by atoms with Crippen molar-refractivity contribution in [2.24, 2.45) is 7.05 Å². The number of pyridine rings is 1. The molecule has 0 amide bonds. The molecule has 0 radical (unpaired) electrons. The fourth-order valence-electron chi connectivity index (χ4n) is 1.82. The van der Waals surface area contributed by atoms with Gasteiger partial charge in [0.05, 0.1) is 0 Å². The summed E-state index contributed by atoms with van der Waals surface area (Å²) in [4.78, 5) is 12.0. The fourth-order valence-corrected chi connectivity index (χ4v) is 2.06. The van der Waals surface area contributed by atoms with Gasteiger partial charge in [0, 0.05) is 28.9 Å². The molecule has 0 N–H and O–H groups in total. The molecule has 0 unspecified atom stereocenters. The van der Waals surface area contributed by atoms with Crippen LogP contribution >= 0.6 is 11.6 Å². The van der Waals surface area contributed by atoms with E-state index in [1.165, 1.54) is 4.57 Å². The average molecular weight is 259 g/mol. The van der Waals surface area contributed by atoms with E-state index in [4.69, 9.17) is 16.9 Å². The quantitative estimate of drug-likeness (QED) is 0.790. The van der Waals surface area contributed by atoms with Crippen molar-refractivity contribution < 1.29 is 0 Å². The number of aryl methyl sites for hydroxylation is 1. The number of benzene rings is 1. The van der Waals surface area contributed by atoms with Crippen LogP contribution < -0.4 is 5.56 Å². The molecule has 18 heavy (non-hydrogen) atoms. The highest BCUT2D eigenvalue weighted by atomic mass is 35.5. The third kappa shape index (κ3) is 1.92. The van der Waals surface area contributed by atoms with Crippen LogP contribution in [0.3, 0.4) is 0 Å². The van der Waals surface area contributed by atoms with E-state index in [0.29, 0.717) is 16.1 Å². The normalized spacial score (nSPS) is 10.1. The first kappa shape index (κ1) is 12.4. The van der Waals surface area contributed by atoms with Crippen molar-refractivity contribution in [1.82, 2.24) is 4.57 Å². The van der Waals surface area contributed by atoms with Gasteiger partial charge >= 0.3 is 0 Å². The molecule has 0 aliphatic rings. The second-order valence-corrected chi connectivity index (χ2v) is 4.44. The lowest BCUT2D eigenvalue weighted by molar-refractivity contribution is 0.816. The molecule has 3 nitrogen and oxygen atoms in total. The molecule has 0 saturated heterocycles. The first-order valence-electron chi connectivity index (χ1n) is 5.42. The number of nitriles is 1. The molecular formula is C14H11ClN2O.